The maximum Gasteiger partial charge on any atom is 0.191 e. The molecule has 1 saturated carbocycles. The Morgan fingerprint density at radius 3 is 2.42 bits per heavy atom. The molecule has 0 unspecified atom stereocenters. The van der Waals surface area contributed by atoms with E-state index in [1.54, 1.807) is 7.11 Å². The lowest BCUT2D eigenvalue weighted by Gasteiger charge is -2.20. The summed E-state index contributed by atoms with van der Waals surface area (Å²) in [5.74, 6) is 1.78. The van der Waals surface area contributed by atoms with Crippen molar-refractivity contribution in [1.29, 1.82) is 0 Å². The van der Waals surface area contributed by atoms with Gasteiger partial charge in [-0.2, -0.15) is 0 Å². The van der Waals surface area contributed by atoms with E-state index in [1.807, 2.05) is 19.2 Å². The first-order valence-corrected chi connectivity index (χ1v) is 8.58. The number of aliphatic imine (C=N–C) groups is 1. The number of methoxy groups -OCH3 is 1. The SMILES string of the molecule is CCN(CCNC(=NC)NCCc1ccc(OC)cc1)C1CC1.I. The number of nitrogens with zero attached hydrogens (tertiary/aromatic N) is 2. The van der Waals surface area contributed by atoms with E-state index in [1.165, 1.54) is 18.4 Å². The van der Waals surface area contributed by atoms with Gasteiger partial charge in [0.1, 0.15) is 5.75 Å². The van der Waals surface area contributed by atoms with E-state index in [2.05, 4.69) is 39.6 Å². The van der Waals surface area contributed by atoms with Crippen LogP contribution in [0.15, 0.2) is 29.3 Å². The van der Waals surface area contributed by atoms with E-state index >= 15 is 0 Å². The minimum absolute atomic E-state index is 0. The van der Waals surface area contributed by atoms with Gasteiger partial charge in [-0.1, -0.05) is 19.1 Å². The van der Waals surface area contributed by atoms with Crippen molar-refractivity contribution in [3.63, 3.8) is 0 Å². The topological polar surface area (TPSA) is 48.9 Å². The molecule has 0 spiro atoms. The van der Waals surface area contributed by atoms with Crippen LogP contribution in [0.2, 0.25) is 0 Å². The number of hydrogen-bond acceptors (Lipinski definition) is 3. The van der Waals surface area contributed by atoms with Crippen molar-refractivity contribution in [2.45, 2.75) is 32.2 Å². The summed E-state index contributed by atoms with van der Waals surface area (Å²) < 4.78 is 5.17. The largest absolute Gasteiger partial charge is 0.497 e. The molecular formula is C18H31IN4O. The average molecular weight is 446 g/mol. The smallest absolute Gasteiger partial charge is 0.191 e. The third kappa shape index (κ3) is 7.25. The lowest BCUT2D eigenvalue weighted by atomic mass is 10.1. The van der Waals surface area contributed by atoms with Gasteiger partial charge in [0, 0.05) is 32.7 Å². The highest BCUT2D eigenvalue weighted by molar-refractivity contribution is 14.0. The van der Waals surface area contributed by atoms with Crippen LogP contribution in [0.3, 0.4) is 0 Å². The molecule has 1 aromatic carbocycles. The summed E-state index contributed by atoms with van der Waals surface area (Å²) in [4.78, 5) is 6.82. The molecular weight excluding hydrogens is 415 g/mol. The van der Waals surface area contributed by atoms with Crippen LogP contribution in [-0.4, -0.2) is 57.2 Å². The first-order valence-electron chi connectivity index (χ1n) is 8.58. The van der Waals surface area contributed by atoms with Crippen LogP contribution in [0, 0.1) is 0 Å². The summed E-state index contributed by atoms with van der Waals surface area (Å²) in [6.45, 7) is 6.26. The molecule has 1 fully saturated rings. The Labute approximate surface area is 163 Å². The van der Waals surface area contributed by atoms with Crippen molar-refractivity contribution in [2.24, 2.45) is 4.99 Å². The summed E-state index contributed by atoms with van der Waals surface area (Å²) in [5.41, 5.74) is 1.29. The third-order valence-electron chi connectivity index (χ3n) is 4.25. The van der Waals surface area contributed by atoms with Gasteiger partial charge < -0.3 is 15.4 Å². The van der Waals surface area contributed by atoms with Gasteiger partial charge >= 0.3 is 0 Å². The molecule has 5 nitrogen and oxygen atoms in total. The molecule has 2 rings (SSSR count). The first-order chi connectivity index (χ1) is 11.3. The Kier molecular flexibility index (Phi) is 10.1. The fourth-order valence-electron chi connectivity index (χ4n) is 2.69. The molecule has 0 aromatic heterocycles. The summed E-state index contributed by atoms with van der Waals surface area (Å²) in [6, 6.07) is 9.03. The Bertz CT molecular complexity index is 488. The van der Waals surface area contributed by atoms with Gasteiger partial charge in [-0.05, 0) is 43.5 Å². The highest BCUT2D eigenvalue weighted by Gasteiger charge is 2.27. The van der Waals surface area contributed by atoms with E-state index in [0.717, 1.165) is 50.4 Å². The lowest BCUT2D eigenvalue weighted by Crippen LogP contribution is -2.42. The standard InChI is InChI=1S/C18H30N4O.HI/c1-4-22(16-7-8-16)14-13-21-18(19-2)20-12-11-15-5-9-17(23-3)10-6-15;/h5-6,9-10,16H,4,7-8,11-14H2,1-3H3,(H2,19,20,21);1H. The second-order valence-electron chi connectivity index (χ2n) is 5.88. The van der Waals surface area contributed by atoms with Crippen molar-refractivity contribution in [2.75, 3.05) is 40.3 Å². The zero-order valence-corrected chi connectivity index (χ0v) is 17.4. The van der Waals surface area contributed by atoms with E-state index in [9.17, 15) is 0 Å². The minimum Gasteiger partial charge on any atom is -0.497 e. The van der Waals surface area contributed by atoms with E-state index in [0.29, 0.717) is 0 Å². The zero-order valence-electron chi connectivity index (χ0n) is 15.0. The predicted octanol–water partition coefficient (Wildman–Crippen LogP) is 2.51. The summed E-state index contributed by atoms with van der Waals surface area (Å²) >= 11 is 0. The summed E-state index contributed by atoms with van der Waals surface area (Å²) in [6.07, 6.45) is 3.69. The van der Waals surface area contributed by atoms with Crippen molar-refractivity contribution < 1.29 is 4.74 Å². The highest BCUT2D eigenvalue weighted by Crippen LogP contribution is 2.25. The van der Waals surface area contributed by atoms with Crippen LogP contribution >= 0.6 is 24.0 Å². The normalized spacial score (nSPS) is 14.2. The number of benzene rings is 1. The summed E-state index contributed by atoms with van der Waals surface area (Å²) in [7, 11) is 3.51. The lowest BCUT2D eigenvalue weighted by molar-refractivity contribution is 0.282. The Morgan fingerprint density at radius 2 is 1.88 bits per heavy atom. The molecule has 1 aliphatic rings. The molecule has 0 radical (unpaired) electrons. The zero-order chi connectivity index (χ0) is 16.5. The molecule has 0 atom stereocenters. The van der Waals surface area contributed by atoms with E-state index in [-0.39, 0.29) is 24.0 Å². The number of likely N-dealkylation sites (N-methyl/N-ethyl adjacent to an activating group) is 1. The van der Waals surface area contributed by atoms with Crippen molar-refractivity contribution in [3.05, 3.63) is 29.8 Å². The fraction of sp³-hybridized carbons (Fsp3) is 0.611. The number of ether oxygens (including phenoxy) is 1. The maximum atomic E-state index is 5.17. The molecule has 2 N–H and O–H groups in total. The second kappa shape index (κ2) is 11.5. The maximum absolute atomic E-state index is 5.17. The van der Waals surface area contributed by atoms with Gasteiger partial charge in [-0.3, -0.25) is 9.89 Å². The number of guanidine groups is 1. The number of halogens is 1. The van der Waals surface area contributed by atoms with E-state index < -0.39 is 0 Å². The third-order valence-corrected chi connectivity index (χ3v) is 4.25. The van der Waals surface area contributed by atoms with Crippen LogP contribution in [-0.2, 0) is 6.42 Å². The van der Waals surface area contributed by atoms with Gasteiger partial charge in [-0.25, -0.2) is 0 Å². The molecule has 136 valence electrons. The van der Waals surface area contributed by atoms with Gasteiger partial charge in [0.05, 0.1) is 7.11 Å². The van der Waals surface area contributed by atoms with Gasteiger partial charge in [-0.15, -0.1) is 24.0 Å². The van der Waals surface area contributed by atoms with Crippen LogP contribution in [0.4, 0.5) is 0 Å². The molecule has 0 amide bonds. The molecule has 0 aliphatic heterocycles. The molecule has 0 heterocycles. The van der Waals surface area contributed by atoms with Crippen LogP contribution in [0.5, 0.6) is 5.75 Å². The Hall–Kier alpha value is -1.02. The van der Waals surface area contributed by atoms with Gasteiger partial charge in [0.25, 0.3) is 0 Å². The van der Waals surface area contributed by atoms with E-state index in [4.69, 9.17) is 4.74 Å². The predicted molar refractivity (Wildman–Crippen MR) is 112 cm³/mol. The Morgan fingerprint density at radius 1 is 1.21 bits per heavy atom. The van der Waals surface area contributed by atoms with Crippen molar-refractivity contribution >= 4 is 29.9 Å². The second-order valence-corrected chi connectivity index (χ2v) is 5.88. The molecule has 6 heteroatoms. The monoisotopic (exact) mass is 446 g/mol. The molecule has 0 bridgehead atoms. The van der Waals surface area contributed by atoms with Crippen LogP contribution in [0.1, 0.15) is 25.3 Å². The van der Waals surface area contributed by atoms with Crippen molar-refractivity contribution in [1.82, 2.24) is 15.5 Å². The van der Waals surface area contributed by atoms with Crippen molar-refractivity contribution in [3.8, 4) is 5.75 Å². The molecule has 1 aromatic rings. The average Bonchev–Trinajstić information content (AvgIpc) is 3.42. The minimum atomic E-state index is 0. The van der Waals surface area contributed by atoms with Gasteiger partial charge in [0.15, 0.2) is 5.96 Å². The van der Waals surface area contributed by atoms with Gasteiger partial charge in [0.2, 0.25) is 0 Å². The summed E-state index contributed by atoms with van der Waals surface area (Å²) in [5, 5.41) is 6.77. The van der Waals surface area contributed by atoms with Crippen LogP contribution in [0.25, 0.3) is 0 Å². The highest BCUT2D eigenvalue weighted by atomic mass is 127. The number of nitrogens with one attached hydrogen (secondary N) is 2. The molecule has 0 saturated heterocycles. The van der Waals surface area contributed by atoms with Crippen LogP contribution < -0.4 is 15.4 Å². The fourth-order valence-corrected chi connectivity index (χ4v) is 2.69. The quantitative estimate of drug-likeness (QED) is 0.348. The molecule has 24 heavy (non-hydrogen) atoms. The Balaban J connectivity index is 0.00000288. The molecule has 1 aliphatic carbocycles. The number of hydrogen-bond donors (Lipinski definition) is 2. The number of rotatable bonds is 9. The first kappa shape index (κ1) is 21.0.